The molecular weight excluding hydrogens is 335 g/mol. The molecule has 1 unspecified atom stereocenters. The van der Waals surface area contributed by atoms with E-state index in [4.69, 9.17) is 4.74 Å². The standard InChI is InChI=1S/C16H18F3N5O/c1-23(2)15-21-6-4-12(22-15)13-10-24(7-8-25-13)11-3-5-20-14(9-11)16(17,18)19/h3-6,9,13H,7-8,10H2,1-2H3. The highest BCUT2D eigenvalue weighted by Gasteiger charge is 2.33. The maximum atomic E-state index is 12.9. The van der Waals surface area contributed by atoms with Crippen LogP contribution in [0.15, 0.2) is 30.6 Å². The van der Waals surface area contributed by atoms with E-state index in [0.717, 1.165) is 6.07 Å². The lowest BCUT2D eigenvalue weighted by Crippen LogP contribution is -2.39. The molecule has 0 radical (unpaired) electrons. The summed E-state index contributed by atoms with van der Waals surface area (Å²) < 4.78 is 44.4. The van der Waals surface area contributed by atoms with Crippen LogP contribution in [0.1, 0.15) is 17.5 Å². The Balaban J connectivity index is 1.81. The molecule has 0 N–H and O–H groups in total. The first-order chi connectivity index (χ1) is 11.8. The molecule has 3 heterocycles. The Morgan fingerprint density at radius 2 is 1.96 bits per heavy atom. The summed E-state index contributed by atoms with van der Waals surface area (Å²) in [6.45, 7) is 1.31. The van der Waals surface area contributed by atoms with Gasteiger partial charge in [-0.15, -0.1) is 0 Å². The van der Waals surface area contributed by atoms with Gasteiger partial charge < -0.3 is 14.5 Å². The van der Waals surface area contributed by atoms with Crippen molar-refractivity contribution in [2.75, 3.05) is 43.6 Å². The zero-order chi connectivity index (χ0) is 18.0. The molecule has 1 aliphatic heterocycles. The molecule has 0 saturated carbocycles. The van der Waals surface area contributed by atoms with Crippen molar-refractivity contribution in [3.05, 3.63) is 42.0 Å². The smallest absolute Gasteiger partial charge is 0.368 e. The topological polar surface area (TPSA) is 54.4 Å². The van der Waals surface area contributed by atoms with Crippen molar-refractivity contribution in [1.82, 2.24) is 15.0 Å². The third kappa shape index (κ3) is 3.98. The average Bonchev–Trinajstić information content (AvgIpc) is 2.61. The monoisotopic (exact) mass is 353 g/mol. The molecular formula is C16H18F3N5O. The molecule has 0 aromatic carbocycles. The SMILES string of the molecule is CN(C)c1nccc(C2CN(c3ccnc(C(F)(F)F)c3)CCO2)n1. The second-order valence-electron chi connectivity index (χ2n) is 5.88. The highest BCUT2D eigenvalue weighted by Crippen LogP contribution is 2.31. The average molecular weight is 353 g/mol. The lowest BCUT2D eigenvalue weighted by Gasteiger charge is -2.34. The zero-order valence-corrected chi connectivity index (χ0v) is 13.9. The van der Waals surface area contributed by atoms with Gasteiger partial charge in [-0.1, -0.05) is 0 Å². The summed E-state index contributed by atoms with van der Waals surface area (Å²) in [5, 5.41) is 0. The zero-order valence-electron chi connectivity index (χ0n) is 13.9. The van der Waals surface area contributed by atoms with Crippen molar-refractivity contribution < 1.29 is 17.9 Å². The first kappa shape index (κ1) is 17.4. The van der Waals surface area contributed by atoms with Crippen LogP contribution in [0.4, 0.5) is 24.8 Å². The highest BCUT2D eigenvalue weighted by molar-refractivity contribution is 5.48. The fourth-order valence-corrected chi connectivity index (χ4v) is 2.59. The largest absolute Gasteiger partial charge is 0.433 e. The molecule has 1 fully saturated rings. The molecule has 9 heteroatoms. The first-order valence-corrected chi connectivity index (χ1v) is 7.74. The molecule has 0 spiro atoms. The van der Waals surface area contributed by atoms with Gasteiger partial charge in [0.2, 0.25) is 5.95 Å². The summed E-state index contributed by atoms with van der Waals surface area (Å²) in [5.41, 5.74) is 0.274. The molecule has 1 atom stereocenters. The molecule has 1 aliphatic rings. The lowest BCUT2D eigenvalue weighted by molar-refractivity contribution is -0.141. The van der Waals surface area contributed by atoms with Gasteiger partial charge in [0.1, 0.15) is 11.8 Å². The maximum absolute atomic E-state index is 12.9. The summed E-state index contributed by atoms with van der Waals surface area (Å²) in [5.74, 6) is 0.557. The molecule has 25 heavy (non-hydrogen) atoms. The molecule has 0 aliphatic carbocycles. The Morgan fingerprint density at radius 3 is 2.68 bits per heavy atom. The van der Waals surface area contributed by atoms with Crippen molar-refractivity contribution in [1.29, 1.82) is 0 Å². The van der Waals surface area contributed by atoms with Crippen LogP contribution in [-0.2, 0) is 10.9 Å². The number of aromatic nitrogens is 3. The van der Waals surface area contributed by atoms with Crippen molar-refractivity contribution in [2.45, 2.75) is 12.3 Å². The summed E-state index contributed by atoms with van der Waals surface area (Å²) in [7, 11) is 3.67. The lowest BCUT2D eigenvalue weighted by atomic mass is 10.1. The summed E-state index contributed by atoms with van der Waals surface area (Å²) in [6, 6.07) is 4.39. The number of nitrogens with zero attached hydrogens (tertiary/aromatic N) is 5. The van der Waals surface area contributed by atoms with Crippen molar-refractivity contribution in [2.24, 2.45) is 0 Å². The molecule has 134 valence electrons. The van der Waals surface area contributed by atoms with Gasteiger partial charge in [0.15, 0.2) is 0 Å². The van der Waals surface area contributed by atoms with Crippen LogP contribution in [0, 0.1) is 0 Å². The number of hydrogen-bond acceptors (Lipinski definition) is 6. The van der Waals surface area contributed by atoms with Gasteiger partial charge in [-0.05, 0) is 18.2 Å². The second kappa shape index (κ2) is 6.83. The minimum Gasteiger partial charge on any atom is -0.368 e. The number of rotatable bonds is 3. The quantitative estimate of drug-likeness (QED) is 0.845. The fourth-order valence-electron chi connectivity index (χ4n) is 2.59. The van der Waals surface area contributed by atoms with Crippen LogP contribution < -0.4 is 9.80 Å². The molecule has 2 aromatic rings. The number of pyridine rings is 1. The first-order valence-electron chi connectivity index (χ1n) is 7.74. The normalized spacial score (nSPS) is 18.3. The summed E-state index contributed by atoms with van der Waals surface area (Å²) in [6.07, 6.45) is -1.97. The molecule has 0 amide bonds. The molecule has 3 rings (SSSR count). The van der Waals surface area contributed by atoms with Crippen molar-refractivity contribution in [3.63, 3.8) is 0 Å². The highest BCUT2D eigenvalue weighted by atomic mass is 19.4. The van der Waals surface area contributed by atoms with Crippen LogP contribution >= 0.6 is 0 Å². The van der Waals surface area contributed by atoms with Gasteiger partial charge in [0.25, 0.3) is 0 Å². The van der Waals surface area contributed by atoms with E-state index in [1.165, 1.54) is 6.20 Å². The predicted octanol–water partition coefficient (Wildman–Crippen LogP) is 2.53. The number of ether oxygens (including phenoxy) is 1. The molecule has 6 nitrogen and oxygen atoms in total. The third-order valence-corrected chi connectivity index (χ3v) is 3.86. The Bertz CT molecular complexity index is 738. The number of alkyl halides is 3. The van der Waals surface area contributed by atoms with Crippen LogP contribution in [0.5, 0.6) is 0 Å². The van der Waals surface area contributed by atoms with E-state index in [-0.39, 0.29) is 6.10 Å². The Kier molecular flexibility index (Phi) is 4.76. The van der Waals surface area contributed by atoms with Gasteiger partial charge >= 0.3 is 6.18 Å². The molecule has 1 saturated heterocycles. The van der Waals surface area contributed by atoms with E-state index in [1.807, 2.05) is 19.0 Å². The Hall–Kier alpha value is -2.42. The van der Waals surface area contributed by atoms with E-state index in [9.17, 15) is 13.2 Å². The maximum Gasteiger partial charge on any atom is 0.433 e. The van der Waals surface area contributed by atoms with Gasteiger partial charge in [-0.3, -0.25) is 4.98 Å². The van der Waals surface area contributed by atoms with Crippen molar-refractivity contribution >= 4 is 11.6 Å². The van der Waals surface area contributed by atoms with Crippen LogP contribution in [0.25, 0.3) is 0 Å². The minimum absolute atomic E-state index is 0.335. The van der Waals surface area contributed by atoms with Gasteiger partial charge in [0.05, 0.1) is 12.3 Å². The number of hydrogen-bond donors (Lipinski definition) is 0. The number of morpholine rings is 1. The second-order valence-corrected chi connectivity index (χ2v) is 5.88. The minimum atomic E-state index is -4.46. The van der Waals surface area contributed by atoms with Crippen molar-refractivity contribution in [3.8, 4) is 0 Å². The predicted molar refractivity (Wildman–Crippen MR) is 86.5 cm³/mol. The van der Waals surface area contributed by atoms with E-state index in [2.05, 4.69) is 15.0 Å². The molecule has 0 bridgehead atoms. The van der Waals surface area contributed by atoms with Crippen LogP contribution in [-0.4, -0.2) is 48.7 Å². The van der Waals surface area contributed by atoms with E-state index in [0.29, 0.717) is 37.0 Å². The van der Waals surface area contributed by atoms with Crippen LogP contribution in [0.3, 0.4) is 0 Å². The third-order valence-electron chi connectivity index (χ3n) is 3.86. The summed E-state index contributed by atoms with van der Waals surface area (Å²) in [4.78, 5) is 15.6. The van der Waals surface area contributed by atoms with E-state index < -0.39 is 11.9 Å². The van der Waals surface area contributed by atoms with Gasteiger partial charge in [-0.2, -0.15) is 13.2 Å². The van der Waals surface area contributed by atoms with E-state index in [1.54, 1.807) is 23.2 Å². The summed E-state index contributed by atoms with van der Waals surface area (Å²) >= 11 is 0. The van der Waals surface area contributed by atoms with E-state index >= 15 is 0 Å². The number of anilines is 2. The molecule has 2 aromatic heterocycles. The van der Waals surface area contributed by atoms with Crippen LogP contribution in [0.2, 0.25) is 0 Å². The Labute approximate surface area is 143 Å². The fraction of sp³-hybridized carbons (Fsp3) is 0.438. The van der Waals surface area contributed by atoms with Gasteiger partial charge in [0, 0.05) is 45.3 Å². The number of halogens is 3. The Morgan fingerprint density at radius 1 is 1.20 bits per heavy atom. The van der Waals surface area contributed by atoms with Gasteiger partial charge in [-0.25, -0.2) is 9.97 Å².